The minimum Gasteiger partial charge on any atom is -0.484 e. The fourth-order valence-electron chi connectivity index (χ4n) is 4.46. The Balaban J connectivity index is 0.00000441. The molecule has 3 aromatic carbocycles. The van der Waals surface area contributed by atoms with Crippen LogP contribution in [0.25, 0.3) is 0 Å². The number of carbonyl (C=O) groups is 1. The third kappa shape index (κ3) is 7.25. The Labute approximate surface area is 229 Å². The molecule has 1 heterocycles. The van der Waals surface area contributed by atoms with Crippen LogP contribution in [0.3, 0.4) is 0 Å². The second-order valence-electron chi connectivity index (χ2n) is 9.56. The van der Waals surface area contributed by atoms with Gasteiger partial charge >= 0.3 is 5.91 Å². The van der Waals surface area contributed by atoms with Gasteiger partial charge in [0.2, 0.25) is 10.0 Å². The predicted molar refractivity (Wildman–Crippen MR) is 149 cm³/mol. The Morgan fingerprint density at radius 1 is 1.12 bits per heavy atom. The molecule has 0 saturated heterocycles. The quantitative estimate of drug-likeness (QED) is 0.245. The molecule has 1 amide bonds. The summed E-state index contributed by atoms with van der Waals surface area (Å²) in [6.07, 6.45) is 0.787. The van der Waals surface area contributed by atoms with Crippen molar-refractivity contribution in [2.45, 2.75) is 31.4 Å². The van der Waals surface area contributed by atoms with Gasteiger partial charge in [0.05, 0.1) is 18.0 Å². The molecule has 1 aliphatic rings. The number of hydrogen-bond donors (Lipinski definition) is 1. The number of rotatable bonds is 10. The smallest absolute Gasteiger partial charge is 0.411 e. The number of amides is 1. The van der Waals surface area contributed by atoms with Crippen molar-refractivity contribution in [2.24, 2.45) is 0 Å². The molecule has 0 saturated carbocycles. The average molecular weight is 813 g/mol. The summed E-state index contributed by atoms with van der Waals surface area (Å²) in [5.74, 6) is 0.00851. The topological polar surface area (TPSA) is 78.7 Å². The first kappa shape index (κ1) is 29.9. The molecular weight excluding hydrogens is 779 g/mol. The first-order valence-electron chi connectivity index (χ1n) is 12.7. The molecule has 0 aliphatic carbocycles. The fourth-order valence-corrected chi connectivity index (χ4v) is 5.48. The summed E-state index contributed by atoms with van der Waals surface area (Å²) in [4.78, 5) is 14.4. The first-order valence-corrected chi connectivity index (χ1v) is 14.2. The van der Waals surface area contributed by atoms with E-state index in [4.69, 9.17) is 4.74 Å². The van der Waals surface area contributed by atoms with E-state index in [9.17, 15) is 17.6 Å². The van der Waals surface area contributed by atoms with E-state index < -0.39 is 16.1 Å². The van der Waals surface area contributed by atoms with Crippen LogP contribution < -0.4 is 9.46 Å². The average Bonchev–Trinajstić information content (AvgIpc) is 2.94. The number of hydrogen-bond acceptors (Lipinski definition) is 5. The number of ether oxygens (including phenoxy) is 1. The first-order chi connectivity index (χ1) is 18.7. The zero-order valence-corrected chi connectivity index (χ0v) is 25.4. The van der Waals surface area contributed by atoms with E-state index in [0.717, 1.165) is 11.3 Å². The van der Waals surface area contributed by atoms with Gasteiger partial charge in [-0.3, -0.25) is 4.90 Å². The van der Waals surface area contributed by atoms with Gasteiger partial charge in [0.15, 0.2) is 12.3 Å². The zero-order chi connectivity index (χ0) is 28.0. The van der Waals surface area contributed by atoms with Crippen molar-refractivity contribution in [3.8, 4) is 5.75 Å². The Morgan fingerprint density at radius 3 is 2.45 bits per heavy atom. The van der Waals surface area contributed by atoms with Crippen LogP contribution in [-0.4, -0.2) is 55.7 Å². The zero-order valence-electron chi connectivity index (χ0n) is 22.4. The van der Waals surface area contributed by atoms with Crippen molar-refractivity contribution < 1.29 is 26.9 Å². The van der Waals surface area contributed by atoms with E-state index >= 15 is 0 Å². The van der Waals surface area contributed by atoms with Crippen LogP contribution in [0, 0.1) is 12.7 Å². The summed E-state index contributed by atoms with van der Waals surface area (Å²) < 4.78 is 50.7. The maximum Gasteiger partial charge on any atom is 0.411 e. The van der Waals surface area contributed by atoms with Gasteiger partial charge in [-0.2, -0.15) is 4.58 Å². The van der Waals surface area contributed by atoms with E-state index in [0.29, 0.717) is 43.1 Å². The molecule has 1 atom stereocenters. The monoisotopic (exact) mass is 812 g/mol. The van der Waals surface area contributed by atoms with Crippen molar-refractivity contribution >= 4 is 21.6 Å². The number of nitrogens with one attached hydrogen (secondary N) is 1. The Bertz CT molecular complexity index is 1480. The largest absolute Gasteiger partial charge is 0.484 e. The molecular formula is C30H33FLrN3O4S+. The van der Waals surface area contributed by atoms with E-state index in [1.54, 1.807) is 29.7 Å². The maximum absolute atomic E-state index is 14.5. The predicted octanol–water partition coefficient (Wildman–Crippen LogP) is 4.23. The summed E-state index contributed by atoms with van der Waals surface area (Å²) >= 11 is 0. The molecule has 0 aromatic heterocycles. The third-order valence-electron chi connectivity index (χ3n) is 6.71. The van der Waals surface area contributed by atoms with E-state index in [-0.39, 0.29) is 23.2 Å². The van der Waals surface area contributed by atoms with Gasteiger partial charge in [-0.15, -0.1) is 0 Å². The van der Waals surface area contributed by atoms with Gasteiger partial charge in [-0.05, 0) is 53.9 Å². The third-order valence-corrected chi connectivity index (χ3v) is 8.12. The molecule has 1 aliphatic heterocycles. The molecule has 4 rings (SSSR count). The maximum atomic E-state index is 14.5. The van der Waals surface area contributed by atoms with Crippen LogP contribution in [0.2, 0.25) is 0 Å². The molecule has 3 aromatic rings. The van der Waals surface area contributed by atoms with Crippen molar-refractivity contribution in [3.63, 3.8) is 0 Å². The van der Waals surface area contributed by atoms with Gasteiger partial charge < -0.3 is 4.74 Å². The number of nitrogens with zero attached hydrogens (tertiary/aromatic N) is 2. The molecule has 1 radical (unpaired) electrons. The summed E-state index contributed by atoms with van der Waals surface area (Å²) in [6, 6.07) is 20.5. The number of halogens is 1. The molecule has 0 bridgehead atoms. The number of aryl methyl sites for hydroxylation is 1. The van der Waals surface area contributed by atoms with E-state index in [2.05, 4.69) is 16.2 Å². The van der Waals surface area contributed by atoms with Crippen LogP contribution in [0.5, 0.6) is 5.75 Å². The van der Waals surface area contributed by atoms with Crippen LogP contribution in [0.15, 0.2) is 90.3 Å². The van der Waals surface area contributed by atoms with Gasteiger partial charge in [0, 0.05) is 26.1 Å². The van der Waals surface area contributed by atoms with E-state index in [1.165, 1.54) is 24.3 Å². The van der Waals surface area contributed by atoms with Gasteiger partial charge in [-0.25, -0.2) is 22.3 Å². The second-order valence-corrected chi connectivity index (χ2v) is 11.3. The van der Waals surface area contributed by atoms with Gasteiger partial charge in [0.25, 0.3) is 0 Å². The van der Waals surface area contributed by atoms with Crippen LogP contribution >= 0.6 is 0 Å². The molecule has 40 heavy (non-hydrogen) atoms. The number of sulfonamides is 1. The second kappa shape index (κ2) is 12.9. The molecule has 0 unspecified atom stereocenters. The minimum atomic E-state index is -3.71. The Hall–Kier alpha value is -4.66. The minimum absolute atomic E-state index is 0. The summed E-state index contributed by atoms with van der Waals surface area (Å²) in [7, 11) is -3.71. The summed E-state index contributed by atoms with van der Waals surface area (Å²) in [5.41, 5.74) is 2.96. The fraction of sp³-hybridized carbons (Fsp3) is 0.267. The molecule has 219 valence electrons. The van der Waals surface area contributed by atoms with Crippen molar-refractivity contribution in [3.05, 3.63) is 108 Å². The molecule has 10 heteroatoms. The number of benzene rings is 3. The van der Waals surface area contributed by atoms with Crippen molar-refractivity contribution in [1.29, 1.82) is 0 Å². The van der Waals surface area contributed by atoms with Crippen molar-refractivity contribution in [2.75, 3.05) is 26.2 Å². The molecule has 0 spiro atoms. The van der Waals surface area contributed by atoms with Crippen LogP contribution in [0.1, 0.15) is 29.7 Å². The SMILES string of the molecule is C=CC(=O)[N+]1=C(C)CN(C[C@H](Oc2ccc(S(=O)(=O)NCc3ccccc3)cc2)c2ccc(C)c(F)c2)CC1.[Lr]. The van der Waals surface area contributed by atoms with Gasteiger partial charge in [0.1, 0.15) is 17.7 Å². The normalized spacial score (nSPS) is 14.8. The molecule has 0 fully saturated rings. The van der Waals surface area contributed by atoms with Gasteiger partial charge in [-0.1, -0.05) is 49.0 Å². The Kier molecular flexibility index (Phi) is 9.66. The summed E-state index contributed by atoms with van der Waals surface area (Å²) in [6.45, 7) is 9.51. The van der Waals surface area contributed by atoms with E-state index in [1.807, 2.05) is 43.3 Å². The number of carbonyl (C=O) groups excluding carboxylic acids is 1. The van der Waals surface area contributed by atoms with Crippen molar-refractivity contribution in [1.82, 2.24) is 9.62 Å². The standard InChI is InChI=1S/C30H33FN3O4S.Lr/c1-4-30(35)34-17-16-33(20-23(34)3)21-29(25-11-10-22(2)28(31)18-25)38-26-12-14-27(15-13-26)39(36,37)32-19-24-8-6-5-7-9-24;/h4-15,18,29,32H,1,16-17,19-21H2,2-3H3;/q+1;/t29-;/m0./s1. The molecule has 1 N–H and O–H groups in total. The Morgan fingerprint density at radius 2 is 1.82 bits per heavy atom. The van der Waals surface area contributed by atoms with Crippen LogP contribution in [0.4, 0.5) is 4.39 Å². The molecule has 7 nitrogen and oxygen atoms in total. The van der Waals surface area contributed by atoms with Crippen LogP contribution in [-0.2, 0) is 21.4 Å². The summed E-state index contributed by atoms with van der Waals surface area (Å²) in [5, 5.41) is 0.